The summed E-state index contributed by atoms with van der Waals surface area (Å²) in [6.07, 6.45) is 0. The Balaban J connectivity index is 1.95. The molecule has 0 spiro atoms. The maximum Gasteiger partial charge on any atom is 0.272 e. The Hall–Kier alpha value is -3.28. The van der Waals surface area contributed by atoms with Gasteiger partial charge in [0.05, 0.1) is 14.2 Å². The quantitative estimate of drug-likeness (QED) is 0.647. The van der Waals surface area contributed by atoms with Crippen molar-refractivity contribution in [1.29, 1.82) is 0 Å². The number of rotatable bonds is 6. The topological polar surface area (TPSA) is 52.5 Å². The van der Waals surface area contributed by atoms with E-state index in [0.29, 0.717) is 29.4 Å². The molecule has 0 aliphatic heterocycles. The van der Waals surface area contributed by atoms with Gasteiger partial charge < -0.3 is 19.4 Å². The second-order valence-corrected chi connectivity index (χ2v) is 6.92. The fraction of sp³-hybridized carbons (Fsp3) is 0.261. The number of hydrogen-bond donors (Lipinski definition) is 1. The Bertz CT molecular complexity index is 1060. The zero-order valence-corrected chi connectivity index (χ0v) is 17.3. The van der Waals surface area contributed by atoms with Gasteiger partial charge >= 0.3 is 0 Å². The Morgan fingerprint density at radius 1 is 1.00 bits per heavy atom. The summed E-state index contributed by atoms with van der Waals surface area (Å²) in [6.45, 7) is 6.29. The van der Waals surface area contributed by atoms with Gasteiger partial charge in [-0.1, -0.05) is 12.1 Å². The van der Waals surface area contributed by atoms with E-state index in [1.54, 1.807) is 38.5 Å². The summed E-state index contributed by atoms with van der Waals surface area (Å²) in [7, 11) is 3.11. The monoisotopic (exact) mass is 396 g/mol. The molecule has 0 radical (unpaired) electrons. The number of nitrogens with one attached hydrogen (secondary N) is 1. The van der Waals surface area contributed by atoms with Crippen LogP contribution in [-0.4, -0.2) is 24.7 Å². The summed E-state index contributed by atoms with van der Waals surface area (Å²) in [4.78, 5) is 13.2. The van der Waals surface area contributed by atoms with Crippen molar-refractivity contribution in [3.05, 3.63) is 76.4 Å². The number of halogens is 1. The molecule has 1 amide bonds. The van der Waals surface area contributed by atoms with E-state index in [9.17, 15) is 9.18 Å². The van der Waals surface area contributed by atoms with Crippen molar-refractivity contribution in [3.8, 4) is 11.5 Å². The van der Waals surface area contributed by atoms with Crippen molar-refractivity contribution in [3.63, 3.8) is 0 Å². The Kier molecular flexibility index (Phi) is 5.92. The van der Waals surface area contributed by atoms with Crippen LogP contribution in [0.3, 0.4) is 0 Å². The number of nitrogens with zero attached hydrogens (tertiary/aromatic N) is 1. The van der Waals surface area contributed by atoms with Gasteiger partial charge in [0.15, 0.2) is 11.5 Å². The van der Waals surface area contributed by atoms with Gasteiger partial charge in [-0.2, -0.15) is 0 Å². The van der Waals surface area contributed by atoms with Crippen molar-refractivity contribution >= 4 is 11.6 Å². The van der Waals surface area contributed by atoms with Crippen LogP contribution in [0.15, 0.2) is 42.5 Å². The van der Waals surface area contributed by atoms with Crippen molar-refractivity contribution in [1.82, 2.24) is 4.57 Å². The molecule has 29 heavy (non-hydrogen) atoms. The highest BCUT2D eigenvalue weighted by Gasteiger charge is 2.21. The number of benzene rings is 2. The molecule has 0 unspecified atom stereocenters. The van der Waals surface area contributed by atoms with Gasteiger partial charge in [0.1, 0.15) is 11.5 Å². The Labute approximate surface area is 170 Å². The predicted molar refractivity (Wildman–Crippen MR) is 112 cm³/mol. The summed E-state index contributed by atoms with van der Waals surface area (Å²) in [5, 5.41) is 2.93. The normalized spacial score (nSPS) is 10.7. The summed E-state index contributed by atoms with van der Waals surface area (Å²) >= 11 is 0. The van der Waals surface area contributed by atoms with E-state index in [1.807, 2.05) is 31.4 Å². The first-order valence-electron chi connectivity index (χ1n) is 9.29. The molecule has 1 N–H and O–H groups in total. The van der Waals surface area contributed by atoms with Crippen LogP contribution in [0.2, 0.25) is 0 Å². The number of hydrogen-bond acceptors (Lipinski definition) is 3. The molecule has 3 rings (SSSR count). The van der Waals surface area contributed by atoms with E-state index in [4.69, 9.17) is 9.47 Å². The summed E-state index contributed by atoms with van der Waals surface area (Å²) in [5.74, 6) is 0.590. The van der Waals surface area contributed by atoms with Crippen molar-refractivity contribution < 1.29 is 18.7 Å². The molecule has 6 heteroatoms. The minimum Gasteiger partial charge on any atom is -0.493 e. The molecule has 1 heterocycles. The van der Waals surface area contributed by atoms with Crippen LogP contribution in [0.25, 0.3) is 0 Å². The third-order valence-corrected chi connectivity index (χ3v) is 5.22. The van der Waals surface area contributed by atoms with Crippen molar-refractivity contribution in [2.75, 3.05) is 19.5 Å². The summed E-state index contributed by atoms with van der Waals surface area (Å²) in [6, 6.07) is 11.6. The van der Waals surface area contributed by atoms with Gasteiger partial charge in [-0.25, -0.2) is 4.39 Å². The highest BCUT2D eigenvalue weighted by atomic mass is 19.1. The van der Waals surface area contributed by atoms with E-state index in [2.05, 4.69) is 5.32 Å². The lowest BCUT2D eigenvalue weighted by atomic mass is 10.1. The molecule has 0 bridgehead atoms. The predicted octanol–water partition coefficient (Wildman–Crippen LogP) is 4.87. The fourth-order valence-electron chi connectivity index (χ4n) is 3.43. The Morgan fingerprint density at radius 3 is 2.38 bits per heavy atom. The standard InChI is InChI=1S/C23H25FN2O3/c1-14-15(2)22(26(16(14)3)13-17-7-6-8-18(24)11-17)23(27)25-19-9-10-20(28-4)21(12-19)29-5/h6-12H,13H2,1-5H3,(H,25,27). The summed E-state index contributed by atoms with van der Waals surface area (Å²) < 4.78 is 26.1. The van der Waals surface area contributed by atoms with Crippen LogP contribution < -0.4 is 14.8 Å². The third kappa shape index (κ3) is 4.11. The van der Waals surface area contributed by atoms with Crippen LogP contribution in [0.4, 0.5) is 10.1 Å². The molecule has 0 aliphatic rings. The molecule has 152 valence electrons. The van der Waals surface area contributed by atoms with E-state index in [-0.39, 0.29) is 11.7 Å². The van der Waals surface area contributed by atoms with Crippen LogP contribution in [0, 0.1) is 26.6 Å². The van der Waals surface area contributed by atoms with Gasteiger partial charge in [-0.3, -0.25) is 4.79 Å². The molecule has 0 fully saturated rings. The third-order valence-electron chi connectivity index (χ3n) is 5.22. The summed E-state index contributed by atoms with van der Waals surface area (Å²) in [5.41, 5.74) is 4.86. The average molecular weight is 396 g/mol. The second kappa shape index (κ2) is 8.39. The van der Waals surface area contributed by atoms with E-state index >= 15 is 0 Å². The van der Waals surface area contributed by atoms with Crippen molar-refractivity contribution in [2.45, 2.75) is 27.3 Å². The number of aromatic nitrogens is 1. The highest BCUT2D eigenvalue weighted by Crippen LogP contribution is 2.30. The van der Waals surface area contributed by atoms with Gasteiger partial charge in [0, 0.05) is 24.0 Å². The molecule has 3 aromatic rings. The first-order chi connectivity index (χ1) is 13.8. The van der Waals surface area contributed by atoms with Gasteiger partial charge in [-0.15, -0.1) is 0 Å². The molecule has 0 saturated carbocycles. The molecule has 0 saturated heterocycles. The van der Waals surface area contributed by atoms with Gasteiger partial charge in [0.25, 0.3) is 5.91 Å². The van der Waals surface area contributed by atoms with E-state index in [1.165, 1.54) is 12.1 Å². The number of ether oxygens (including phenoxy) is 2. The number of carbonyl (C=O) groups excluding carboxylic acids is 1. The Morgan fingerprint density at radius 2 is 1.72 bits per heavy atom. The molecule has 2 aromatic carbocycles. The lowest BCUT2D eigenvalue weighted by molar-refractivity contribution is 0.101. The molecule has 0 aliphatic carbocycles. The maximum absolute atomic E-state index is 13.6. The number of carbonyl (C=O) groups is 1. The minimum absolute atomic E-state index is 0.234. The van der Waals surface area contributed by atoms with Crippen LogP contribution in [0.5, 0.6) is 11.5 Å². The van der Waals surface area contributed by atoms with E-state index in [0.717, 1.165) is 22.4 Å². The SMILES string of the molecule is COc1ccc(NC(=O)c2c(C)c(C)c(C)n2Cc2cccc(F)c2)cc1OC. The van der Waals surface area contributed by atoms with Crippen LogP contribution in [-0.2, 0) is 6.54 Å². The number of anilines is 1. The number of amides is 1. The van der Waals surface area contributed by atoms with Crippen molar-refractivity contribution in [2.24, 2.45) is 0 Å². The second-order valence-electron chi connectivity index (χ2n) is 6.92. The van der Waals surface area contributed by atoms with E-state index < -0.39 is 0 Å². The smallest absolute Gasteiger partial charge is 0.272 e. The largest absolute Gasteiger partial charge is 0.493 e. The zero-order valence-electron chi connectivity index (χ0n) is 17.3. The minimum atomic E-state index is -0.294. The first kappa shape index (κ1) is 20.5. The molecule has 0 atom stereocenters. The fourth-order valence-corrected chi connectivity index (χ4v) is 3.43. The van der Waals surface area contributed by atoms with Crippen LogP contribution >= 0.6 is 0 Å². The number of methoxy groups -OCH3 is 2. The molecular formula is C23H25FN2O3. The molecule has 5 nitrogen and oxygen atoms in total. The zero-order chi connectivity index (χ0) is 21.1. The van der Waals surface area contributed by atoms with Gasteiger partial charge in [-0.05, 0) is 61.7 Å². The van der Waals surface area contributed by atoms with Gasteiger partial charge in [0.2, 0.25) is 0 Å². The molecular weight excluding hydrogens is 371 g/mol. The average Bonchev–Trinajstić information content (AvgIpc) is 2.91. The maximum atomic E-state index is 13.6. The lowest BCUT2D eigenvalue weighted by Crippen LogP contribution is -2.19. The lowest BCUT2D eigenvalue weighted by Gasteiger charge is -2.14. The first-order valence-corrected chi connectivity index (χ1v) is 9.29. The molecule has 1 aromatic heterocycles. The van der Waals surface area contributed by atoms with Crippen LogP contribution in [0.1, 0.15) is 32.9 Å². The highest BCUT2D eigenvalue weighted by molar-refractivity contribution is 6.04.